The minimum Gasteiger partial charge on any atom is -0.488 e. The molecule has 0 bridgehead atoms. The highest BCUT2D eigenvalue weighted by atomic mass is 19.1. The second kappa shape index (κ2) is 13.2. The molecule has 1 atom stereocenters. The summed E-state index contributed by atoms with van der Waals surface area (Å²) < 4.78 is 30.6. The van der Waals surface area contributed by atoms with Crippen molar-refractivity contribution < 1.29 is 28.2 Å². The number of carbonyl (C=O) groups is 2. The molecular weight excluding hydrogens is 459 g/mol. The summed E-state index contributed by atoms with van der Waals surface area (Å²) in [6.45, 7) is 7.45. The number of halogens is 1. The van der Waals surface area contributed by atoms with Crippen molar-refractivity contribution in [2.24, 2.45) is 0 Å². The second-order valence-corrected chi connectivity index (χ2v) is 8.49. The van der Waals surface area contributed by atoms with E-state index < -0.39 is 17.8 Å². The Morgan fingerprint density at radius 2 is 1.53 bits per heavy atom. The molecule has 0 aliphatic heterocycles. The summed E-state index contributed by atoms with van der Waals surface area (Å²) in [5, 5.41) is 0. The Morgan fingerprint density at radius 3 is 2.14 bits per heavy atom. The highest BCUT2D eigenvalue weighted by molar-refractivity contribution is 5.91. The van der Waals surface area contributed by atoms with Gasteiger partial charge < -0.3 is 14.2 Å². The molecule has 36 heavy (non-hydrogen) atoms. The fourth-order valence-electron chi connectivity index (χ4n) is 3.61. The van der Waals surface area contributed by atoms with Gasteiger partial charge in [0, 0.05) is 12.1 Å². The summed E-state index contributed by atoms with van der Waals surface area (Å²) in [5.74, 6) is -1.03. The van der Waals surface area contributed by atoms with Crippen LogP contribution in [0, 0.1) is 5.82 Å². The Kier molecular flexibility index (Phi) is 9.81. The van der Waals surface area contributed by atoms with E-state index in [-0.39, 0.29) is 17.6 Å². The van der Waals surface area contributed by atoms with E-state index in [0.29, 0.717) is 11.3 Å². The summed E-state index contributed by atoms with van der Waals surface area (Å²) in [5.41, 5.74) is 2.08. The Hall–Kier alpha value is -3.93. The third-order valence-corrected chi connectivity index (χ3v) is 5.60. The molecule has 0 spiro atoms. The molecule has 0 fully saturated rings. The van der Waals surface area contributed by atoms with Gasteiger partial charge in [0.2, 0.25) is 0 Å². The van der Waals surface area contributed by atoms with Crippen LogP contribution in [-0.4, -0.2) is 18.0 Å². The van der Waals surface area contributed by atoms with Crippen LogP contribution in [0.2, 0.25) is 0 Å². The van der Waals surface area contributed by atoms with Crippen LogP contribution in [0.3, 0.4) is 0 Å². The van der Waals surface area contributed by atoms with Gasteiger partial charge in [0.25, 0.3) is 0 Å². The van der Waals surface area contributed by atoms with Gasteiger partial charge in [-0.2, -0.15) is 0 Å². The molecule has 0 N–H and O–H groups in total. The fraction of sp³-hybridized carbons (Fsp3) is 0.267. The van der Waals surface area contributed by atoms with Crippen molar-refractivity contribution in [3.63, 3.8) is 0 Å². The zero-order valence-corrected chi connectivity index (χ0v) is 20.7. The summed E-state index contributed by atoms with van der Waals surface area (Å²) in [4.78, 5) is 23.8. The predicted octanol–water partition coefficient (Wildman–Crippen LogP) is 7.54. The molecule has 0 radical (unpaired) electrons. The van der Waals surface area contributed by atoms with Crippen molar-refractivity contribution in [1.29, 1.82) is 0 Å². The number of rotatable bonds is 12. The summed E-state index contributed by atoms with van der Waals surface area (Å²) in [6, 6.07) is 18.0. The molecule has 6 heteroatoms. The number of hydrogen-bond donors (Lipinski definition) is 0. The molecule has 5 nitrogen and oxygen atoms in total. The van der Waals surface area contributed by atoms with Crippen LogP contribution in [0.5, 0.6) is 17.2 Å². The first-order valence-electron chi connectivity index (χ1n) is 12.1. The molecule has 0 saturated heterocycles. The van der Waals surface area contributed by atoms with E-state index in [4.69, 9.17) is 14.2 Å². The number of benzene rings is 3. The van der Waals surface area contributed by atoms with Gasteiger partial charge in [0.05, 0.1) is 11.7 Å². The number of hydrogen-bond acceptors (Lipinski definition) is 5. The van der Waals surface area contributed by atoms with Gasteiger partial charge in [0.15, 0.2) is 11.6 Å². The molecule has 0 aliphatic carbocycles. The topological polar surface area (TPSA) is 61.8 Å². The molecular formula is C30H31FO5. The van der Waals surface area contributed by atoms with Crippen molar-refractivity contribution in [2.45, 2.75) is 52.1 Å². The molecule has 3 aromatic carbocycles. The molecule has 0 unspecified atom stereocenters. The summed E-state index contributed by atoms with van der Waals surface area (Å²) >= 11 is 0. The highest BCUT2D eigenvalue weighted by Crippen LogP contribution is 2.26. The molecule has 3 rings (SSSR count). The minimum atomic E-state index is -0.592. The molecule has 0 heterocycles. The van der Waals surface area contributed by atoms with Crippen molar-refractivity contribution in [2.75, 3.05) is 0 Å². The van der Waals surface area contributed by atoms with E-state index in [1.807, 2.05) is 6.92 Å². The first kappa shape index (κ1) is 26.7. The highest BCUT2D eigenvalue weighted by Gasteiger charge is 2.14. The number of ether oxygens (including phenoxy) is 3. The first-order valence-corrected chi connectivity index (χ1v) is 12.1. The number of unbranched alkanes of at least 4 members (excludes halogenated alkanes) is 3. The lowest BCUT2D eigenvalue weighted by atomic mass is 10.0. The minimum absolute atomic E-state index is 0.0957. The second-order valence-electron chi connectivity index (χ2n) is 8.49. The largest absolute Gasteiger partial charge is 0.488 e. The van der Waals surface area contributed by atoms with Gasteiger partial charge in [-0.25, -0.2) is 14.0 Å². The Balaban J connectivity index is 1.57. The van der Waals surface area contributed by atoms with Crippen molar-refractivity contribution in [1.82, 2.24) is 0 Å². The van der Waals surface area contributed by atoms with Gasteiger partial charge >= 0.3 is 11.9 Å². The smallest absolute Gasteiger partial charge is 0.343 e. The van der Waals surface area contributed by atoms with Crippen LogP contribution in [0.4, 0.5) is 4.39 Å². The van der Waals surface area contributed by atoms with E-state index in [1.54, 1.807) is 48.5 Å². The van der Waals surface area contributed by atoms with Crippen LogP contribution in [0.1, 0.15) is 56.3 Å². The van der Waals surface area contributed by atoms with E-state index in [0.717, 1.165) is 42.5 Å². The van der Waals surface area contributed by atoms with Crippen LogP contribution in [0.15, 0.2) is 79.4 Å². The van der Waals surface area contributed by atoms with Gasteiger partial charge in [-0.15, -0.1) is 0 Å². The van der Waals surface area contributed by atoms with Gasteiger partial charge in [0.1, 0.15) is 11.5 Å². The maximum Gasteiger partial charge on any atom is 0.343 e. The Labute approximate surface area is 211 Å². The lowest BCUT2D eigenvalue weighted by molar-refractivity contribution is -0.128. The third kappa shape index (κ3) is 7.80. The van der Waals surface area contributed by atoms with Gasteiger partial charge in [-0.05, 0) is 67.3 Å². The van der Waals surface area contributed by atoms with Crippen molar-refractivity contribution >= 4 is 11.9 Å². The van der Waals surface area contributed by atoms with Gasteiger partial charge in [-0.3, -0.25) is 0 Å². The average Bonchev–Trinajstić information content (AvgIpc) is 2.88. The molecule has 0 aliphatic rings. The van der Waals surface area contributed by atoms with E-state index >= 15 is 0 Å². The first-order chi connectivity index (χ1) is 17.4. The molecule has 0 saturated carbocycles. The summed E-state index contributed by atoms with van der Waals surface area (Å²) in [6.07, 6.45) is 6.40. The quantitative estimate of drug-likeness (QED) is 0.114. The van der Waals surface area contributed by atoms with Crippen LogP contribution < -0.4 is 14.2 Å². The van der Waals surface area contributed by atoms with Crippen LogP contribution in [-0.2, 0) is 4.79 Å². The number of carbonyl (C=O) groups excluding carboxylic acids is 2. The SMILES string of the molecule is C=CC(=O)Oc1ccc(-c2ccc(C(=O)Oc3ccc(O[C@@H](C)CCCCCC)c(F)c3)cc2)cc1. The predicted molar refractivity (Wildman–Crippen MR) is 138 cm³/mol. The normalized spacial score (nSPS) is 11.4. The van der Waals surface area contributed by atoms with Crippen LogP contribution >= 0.6 is 0 Å². The molecule has 188 valence electrons. The molecule has 3 aromatic rings. The van der Waals surface area contributed by atoms with Crippen molar-refractivity contribution in [3.05, 3.63) is 90.8 Å². The van der Waals surface area contributed by atoms with E-state index in [2.05, 4.69) is 13.5 Å². The number of esters is 2. The van der Waals surface area contributed by atoms with E-state index in [9.17, 15) is 14.0 Å². The summed E-state index contributed by atoms with van der Waals surface area (Å²) in [7, 11) is 0. The van der Waals surface area contributed by atoms with Crippen LogP contribution in [0.25, 0.3) is 11.1 Å². The Morgan fingerprint density at radius 1 is 0.889 bits per heavy atom. The third-order valence-electron chi connectivity index (χ3n) is 5.60. The lowest BCUT2D eigenvalue weighted by Gasteiger charge is -2.15. The van der Waals surface area contributed by atoms with E-state index in [1.165, 1.54) is 25.0 Å². The van der Waals surface area contributed by atoms with Gasteiger partial charge in [-0.1, -0.05) is 57.0 Å². The Bertz CT molecular complexity index is 1170. The fourth-order valence-corrected chi connectivity index (χ4v) is 3.61. The maximum atomic E-state index is 14.5. The zero-order valence-electron chi connectivity index (χ0n) is 20.7. The molecule has 0 amide bonds. The van der Waals surface area contributed by atoms with Crippen molar-refractivity contribution in [3.8, 4) is 28.4 Å². The lowest BCUT2D eigenvalue weighted by Crippen LogP contribution is -2.13. The zero-order chi connectivity index (χ0) is 25.9. The maximum absolute atomic E-state index is 14.5. The average molecular weight is 491 g/mol. The standard InChI is InChI=1S/C30H31FO5/c1-4-6-7-8-9-21(3)34-28-19-18-26(20-27(28)31)36-30(33)24-12-10-22(11-13-24)23-14-16-25(17-15-23)35-29(32)5-2/h5,10-21H,2,4,6-9H2,1,3H3/t21-/m0/s1. The monoisotopic (exact) mass is 490 g/mol. The molecule has 0 aromatic heterocycles.